The normalized spacial score (nSPS) is 26.5. The zero-order valence-electron chi connectivity index (χ0n) is 11.5. The van der Waals surface area contributed by atoms with Gasteiger partial charge in [0.2, 0.25) is 0 Å². The molecule has 1 N–H and O–H groups in total. The van der Waals surface area contributed by atoms with Gasteiger partial charge in [0, 0.05) is 25.8 Å². The lowest BCUT2D eigenvalue weighted by Crippen LogP contribution is -2.45. The topological polar surface area (TPSA) is 24.5 Å². The smallest absolute Gasteiger partial charge is 0.119 e. The number of fused-ring (bicyclic) bond motifs is 3. The summed E-state index contributed by atoms with van der Waals surface area (Å²) >= 11 is 0. The van der Waals surface area contributed by atoms with Crippen molar-refractivity contribution in [3.05, 3.63) is 23.3 Å². The van der Waals surface area contributed by atoms with Crippen LogP contribution in [0.2, 0.25) is 0 Å². The number of ether oxygens (including phenoxy) is 1. The Morgan fingerprint density at radius 3 is 3.00 bits per heavy atom. The standard InChI is InChI=1S/C15H22N2O/c1-10-6-12(18-3)7-14-13-4-5-16-8-11(13)9-17(2)15(10)14/h6-7,11,13,16H,4-5,8-9H2,1-3H3. The number of aryl methyl sites for hydroxylation is 1. The summed E-state index contributed by atoms with van der Waals surface area (Å²) in [6, 6.07) is 4.40. The Morgan fingerprint density at radius 2 is 2.22 bits per heavy atom. The van der Waals surface area contributed by atoms with Crippen LogP contribution in [0.1, 0.15) is 23.5 Å². The molecule has 2 heterocycles. The maximum Gasteiger partial charge on any atom is 0.119 e. The maximum absolute atomic E-state index is 5.44. The summed E-state index contributed by atoms with van der Waals surface area (Å²) < 4.78 is 5.44. The lowest BCUT2D eigenvalue weighted by Gasteiger charge is -2.43. The molecule has 2 unspecified atom stereocenters. The fraction of sp³-hybridized carbons (Fsp3) is 0.600. The highest BCUT2D eigenvalue weighted by Gasteiger charge is 2.34. The Morgan fingerprint density at radius 1 is 1.39 bits per heavy atom. The minimum Gasteiger partial charge on any atom is -0.497 e. The third-order valence-electron chi connectivity index (χ3n) is 4.44. The maximum atomic E-state index is 5.44. The highest BCUT2D eigenvalue weighted by Crippen LogP contribution is 2.44. The summed E-state index contributed by atoms with van der Waals surface area (Å²) in [7, 11) is 3.97. The molecule has 1 fully saturated rings. The van der Waals surface area contributed by atoms with E-state index in [-0.39, 0.29) is 0 Å². The number of methoxy groups -OCH3 is 1. The number of hydrogen-bond acceptors (Lipinski definition) is 3. The van der Waals surface area contributed by atoms with E-state index < -0.39 is 0 Å². The number of benzene rings is 1. The Bertz CT molecular complexity index is 458. The summed E-state index contributed by atoms with van der Waals surface area (Å²) in [5.41, 5.74) is 4.26. The average molecular weight is 246 g/mol. The van der Waals surface area contributed by atoms with Crippen molar-refractivity contribution >= 4 is 5.69 Å². The SMILES string of the molecule is COc1cc(C)c2c(c1)C1CCNCC1CN2C. The van der Waals surface area contributed by atoms with Crippen LogP contribution in [-0.2, 0) is 0 Å². The number of rotatable bonds is 1. The van der Waals surface area contributed by atoms with Crippen LogP contribution in [0.15, 0.2) is 12.1 Å². The third-order valence-corrected chi connectivity index (χ3v) is 4.44. The molecule has 0 spiro atoms. The van der Waals surface area contributed by atoms with Gasteiger partial charge in [-0.2, -0.15) is 0 Å². The first-order valence-corrected chi connectivity index (χ1v) is 6.81. The Labute approximate surface area is 109 Å². The molecule has 1 saturated heterocycles. The molecular formula is C15H22N2O. The molecule has 18 heavy (non-hydrogen) atoms. The highest BCUT2D eigenvalue weighted by atomic mass is 16.5. The first-order valence-electron chi connectivity index (χ1n) is 6.81. The summed E-state index contributed by atoms with van der Waals surface area (Å²) in [6.07, 6.45) is 1.25. The van der Waals surface area contributed by atoms with E-state index in [4.69, 9.17) is 4.74 Å². The largest absolute Gasteiger partial charge is 0.497 e. The van der Waals surface area contributed by atoms with Gasteiger partial charge in [0.05, 0.1) is 7.11 Å². The predicted molar refractivity (Wildman–Crippen MR) is 74.7 cm³/mol. The lowest BCUT2D eigenvalue weighted by molar-refractivity contribution is 0.317. The van der Waals surface area contributed by atoms with E-state index in [1.54, 1.807) is 7.11 Å². The molecule has 1 aromatic carbocycles. The molecule has 2 aliphatic heterocycles. The minimum atomic E-state index is 0.700. The monoisotopic (exact) mass is 246 g/mol. The van der Waals surface area contributed by atoms with Crippen molar-refractivity contribution in [3.8, 4) is 5.75 Å². The van der Waals surface area contributed by atoms with Gasteiger partial charge >= 0.3 is 0 Å². The quantitative estimate of drug-likeness (QED) is 0.821. The van der Waals surface area contributed by atoms with E-state index in [0.29, 0.717) is 5.92 Å². The van der Waals surface area contributed by atoms with Crippen molar-refractivity contribution < 1.29 is 4.74 Å². The summed E-state index contributed by atoms with van der Waals surface area (Å²) in [5, 5.41) is 3.52. The molecule has 1 aromatic rings. The second-order valence-corrected chi connectivity index (χ2v) is 5.62. The Balaban J connectivity index is 2.10. The Hall–Kier alpha value is -1.22. The van der Waals surface area contributed by atoms with Crippen molar-refractivity contribution in [2.24, 2.45) is 5.92 Å². The van der Waals surface area contributed by atoms with E-state index in [0.717, 1.165) is 31.3 Å². The third kappa shape index (κ3) is 1.77. The number of hydrogen-bond donors (Lipinski definition) is 1. The van der Waals surface area contributed by atoms with E-state index >= 15 is 0 Å². The second kappa shape index (κ2) is 4.47. The predicted octanol–water partition coefficient (Wildman–Crippen LogP) is 2.15. The fourth-order valence-corrected chi connectivity index (χ4v) is 3.66. The Kier molecular flexibility index (Phi) is 2.94. The molecule has 0 aliphatic carbocycles. The first-order chi connectivity index (χ1) is 8.70. The van der Waals surface area contributed by atoms with Crippen LogP contribution in [-0.4, -0.2) is 33.8 Å². The molecule has 3 heteroatoms. The lowest BCUT2D eigenvalue weighted by atomic mass is 9.76. The zero-order chi connectivity index (χ0) is 12.7. The van der Waals surface area contributed by atoms with Crippen molar-refractivity contribution in [1.82, 2.24) is 5.32 Å². The zero-order valence-corrected chi connectivity index (χ0v) is 11.5. The molecule has 3 nitrogen and oxygen atoms in total. The van der Waals surface area contributed by atoms with Gasteiger partial charge in [0.15, 0.2) is 0 Å². The van der Waals surface area contributed by atoms with E-state index in [1.807, 2.05) is 0 Å². The van der Waals surface area contributed by atoms with E-state index in [9.17, 15) is 0 Å². The van der Waals surface area contributed by atoms with Gasteiger partial charge in [0.1, 0.15) is 5.75 Å². The van der Waals surface area contributed by atoms with Crippen LogP contribution in [0.3, 0.4) is 0 Å². The summed E-state index contributed by atoms with van der Waals surface area (Å²) in [6.45, 7) is 5.64. The van der Waals surface area contributed by atoms with Crippen LogP contribution in [0.4, 0.5) is 5.69 Å². The molecule has 0 bridgehead atoms. The van der Waals surface area contributed by atoms with Crippen LogP contribution in [0.25, 0.3) is 0 Å². The fourth-order valence-electron chi connectivity index (χ4n) is 3.66. The van der Waals surface area contributed by atoms with Gasteiger partial charge in [0.25, 0.3) is 0 Å². The molecule has 2 aliphatic rings. The van der Waals surface area contributed by atoms with Gasteiger partial charge in [-0.25, -0.2) is 0 Å². The van der Waals surface area contributed by atoms with Crippen LogP contribution >= 0.6 is 0 Å². The minimum absolute atomic E-state index is 0.700. The summed E-state index contributed by atoms with van der Waals surface area (Å²) in [4.78, 5) is 2.41. The van der Waals surface area contributed by atoms with Crippen LogP contribution in [0, 0.1) is 12.8 Å². The van der Waals surface area contributed by atoms with Gasteiger partial charge in [-0.3, -0.25) is 0 Å². The average Bonchev–Trinajstić information content (AvgIpc) is 2.38. The van der Waals surface area contributed by atoms with Crippen LogP contribution < -0.4 is 15.0 Å². The molecule has 0 radical (unpaired) electrons. The van der Waals surface area contributed by atoms with E-state index in [2.05, 4.69) is 36.3 Å². The molecule has 3 rings (SSSR count). The van der Waals surface area contributed by atoms with Gasteiger partial charge in [-0.15, -0.1) is 0 Å². The first kappa shape index (κ1) is 11.8. The van der Waals surface area contributed by atoms with Gasteiger partial charge in [-0.05, 0) is 55.0 Å². The molecule has 0 amide bonds. The number of anilines is 1. The molecule has 2 atom stereocenters. The molecule has 98 valence electrons. The van der Waals surface area contributed by atoms with Crippen molar-refractivity contribution in [3.63, 3.8) is 0 Å². The molecule has 0 aromatic heterocycles. The van der Waals surface area contributed by atoms with Crippen molar-refractivity contribution in [2.75, 3.05) is 38.7 Å². The van der Waals surface area contributed by atoms with Crippen molar-refractivity contribution in [2.45, 2.75) is 19.3 Å². The molecule has 0 saturated carbocycles. The van der Waals surface area contributed by atoms with Crippen LogP contribution in [0.5, 0.6) is 5.75 Å². The number of nitrogens with zero attached hydrogens (tertiary/aromatic N) is 1. The van der Waals surface area contributed by atoms with Gasteiger partial charge < -0.3 is 15.0 Å². The highest BCUT2D eigenvalue weighted by molar-refractivity contribution is 5.64. The second-order valence-electron chi connectivity index (χ2n) is 5.62. The summed E-state index contributed by atoms with van der Waals surface area (Å²) in [5.74, 6) is 2.44. The molecular weight excluding hydrogens is 224 g/mol. The van der Waals surface area contributed by atoms with E-state index in [1.165, 1.54) is 23.2 Å². The van der Waals surface area contributed by atoms with Gasteiger partial charge in [-0.1, -0.05) is 0 Å². The number of piperidine rings is 1. The van der Waals surface area contributed by atoms with Crippen molar-refractivity contribution in [1.29, 1.82) is 0 Å². The number of nitrogens with one attached hydrogen (secondary N) is 1.